The minimum atomic E-state index is -5.27. The van der Waals surface area contributed by atoms with E-state index < -0.39 is 52.6 Å². The number of H-pyrrole nitrogens is 1. The standard InChI is InChI=1S/C33H25F6N7O2S2/c1-3-44(4-2)18-15-13-17(14-16-18)23(24-26(32(34,35)36)42-45(28(24)47)30-40-19-9-5-7-11-21(19)49-30)25-27(33(37,38)39)43-46(29(25)48)31-41-20-10-6-8-12-22(20)50-31/h5-16,23-24,43H,3-4H2,1-2H3/t23-,24-/m0/s1. The number of para-hydroxylation sites is 2. The Kier molecular flexibility index (Phi) is 8.29. The molecular weight excluding hydrogens is 705 g/mol. The van der Waals surface area contributed by atoms with E-state index in [4.69, 9.17) is 0 Å². The molecule has 9 nitrogen and oxygen atoms in total. The molecule has 3 aromatic heterocycles. The van der Waals surface area contributed by atoms with Crippen molar-refractivity contribution in [2.24, 2.45) is 11.0 Å². The molecule has 2 atom stereocenters. The number of rotatable bonds is 8. The molecule has 0 saturated carbocycles. The molecule has 1 aliphatic rings. The number of benzene rings is 3. The third-order valence-electron chi connectivity index (χ3n) is 8.44. The molecule has 0 fully saturated rings. The molecule has 0 unspecified atom stereocenters. The number of fused-ring (bicyclic) bond motifs is 2. The van der Waals surface area contributed by atoms with Crippen molar-refractivity contribution in [3.8, 4) is 5.13 Å². The van der Waals surface area contributed by atoms with Crippen molar-refractivity contribution in [1.82, 2.24) is 19.7 Å². The third-order valence-corrected chi connectivity index (χ3v) is 10.5. The number of aromatic amines is 1. The Hall–Kier alpha value is -5.03. The van der Waals surface area contributed by atoms with Gasteiger partial charge in [-0.3, -0.25) is 14.7 Å². The number of nitrogens with zero attached hydrogens (tertiary/aromatic N) is 6. The minimum Gasteiger partial charge on any atom is -0.372 e. The molecule has 1 aliphatic heterocycles. The van der Waals surface area contributed by atoms with Crippen molar-refractivity contribution < 1.29 is 31.1 Å². The number of amides is 1. The van der Waals surface area contributed by atoms with Crippen LogP contribution in [0.4, 0.5) is 37.2 Å². The van der Waals surface area contributed by atoms with Gasteiger partial charge in [0.15, 0.2) is 5.71 Å². The molecule has 7 rings (SSSR count). The average molecular weight is 730 g/mol. The normalized spacial score (nSPS) is 16.1. The van der Waals surface area contributed by atoms with Crippen LogP contribution in [0.3, 0.4) is 0 Å². The van der Waals surface area contributed by atoms with E-state index in [1.54, 1.807) is 48.5 Å². The third kappa shape index (κ3) is 5.73. The predicted molar refractivity (Wildman–Crippen MR) is 181 cm³/mol. The molecule has 4 heterocycles. The van der Waals surface area contributed by atoms with Crippen molar-refractivity contribution in [1.29, 1.82) is 0 Å². The van der Waals surface area contributed by atoms with Crippen LogP contribution in [-0.2, 0) is 11.0 Å². The van der Waals surface area contributed by atoms with Crippen LogP contribution in [0.5, 0.6) is 0 Å². The Morgan fingerprint density at radius 3 is 1.90 bits per heavy atom. The van der Waals surface area contributed by atoms with Crippen molar-refractivity contribution in [2.75, 3.05) is 23.0 Å². The number of hydrogen-bond acceptors (Lipinski definition) is 8. The number of anilines is 2. The molecule has 1 N–H and O–H groups in total. The number of aromatic nitrogens is 4. The SMILES string of the molecule is CCN(CC)c1ccc([C@H](c2c(C(F)(F)F)[nH]n(-c3nc4ccccc4s3)c2=O)[C@@H]2C(=O)N(c3nc4ccccc4s3)N=C2C(F)(F)F)cc1. The van der Waals surface area contributed by atoms with Crippen LogP contribution in [0.15, 0.2) is 82.7 Å². The molecule has 1 amide bonds. The molecule has 0 bridgehead atoms. The van der Waals surface area contributed by atoms with E-state index in [0.717, 1.165) is 22.7 Å². The zero-order valence-corrected chi connectivity index (χ0v) is 27.7. The number of thiazole rings is 2. The fraction of sp³-hybridized carbons (Fsp3) is 0.242. The van der Waals surface area contributed by atoms with Gasteiger partial charge in [0.05, 0.1) is 26.0 Å². The Balaban J connectivity index is 1.46. The maximum Gasteiger partial charge on any atom is 0.433 e. The smallest absolute Gasteiger partial charge is 0.372 e. The lowest BCUT2D eigenvalue weighted by Gasteiger charge is -2.26. The highest BCUT2D eigenvalue weighted by Gasteiger charge is 2.56. The molecule has 0 aliphatic carbocycles. The maximum absolute atomic E-state index is 14.9. The predicted octanol–water partition coefficient (Wildman–Crippen LogP) is 7.96. The van der Waals surface area contributed by atoms with Gasteiger partial charge in [-0.25, -0.2) is 9.97 Å². The average Bonchev–Trinajstić information content (AvgIpc) is 3.85. The van der Waals surface area contributed by atoms with Crippen LogP contribution < -0.4 is 15.5 Å². The molecule has 3 aromatic carbocycles. The second-order valence-corrected chi connectivity index (χ2v) is 13.3. The minimum absolute atomic E-state index is 0.125. The van der Waals surface area contributed by atoms with Gasteiger partial charge in [0.2, 0.25) is 10.3 Å². The van der Waals surface area contributed by atoms with Crippen LogP contribution in [-0.4, -0.2) is 50.6 Å². The van der Waals surface area contributed by atoms with E-state index in [0.29, 0.717) is 48.9 Å². The molecule has 0 spiro atoms. The molecule has 6 aromatic rings. The van der Waals surface area contributed by atoms with Crippen LogP contribution >= 0.6 is 22.7 Å². The van der Waals surface area contributed by atoms with Gasteiger partial charge >= 0.3 is 12.4 Å². The molecule has 50 heavy (non-hydrogen) atoms. The van der Waals surface area contributed by atoms with Crippen molar-refractivity contribution in [2.45, 2.75) is 32.1 Å². The molecule has 258 valence electrons. The first-order chi connectivity index (χ1) is 23.8. The molecule has 17 heteroatoms. The summed E-state index contributed by atoms with van der Waals surface area (Å²) < 4.78 is 91.1. The fourth-order valence-electron chi connectivity index (χ4n) is 6.14. The molecule has 0 radical (unpaired) electrons. The van der Waals surface area contributed by atoms with Crippen molar-refractivity contribution in [3.63, 3.8) is 0 Å². The fourth-order valence-corrected chi connectivity index (χ4v) is 7.99. The zero-order chi connectivity index (χ0) is 35.5. The first-order valence-electron chi connectivity index (χ1n) is 15.3. The van der Waals surface area contributed by atoms with E-state index in [1.165, 1.54) is 24.3 Å². The van der Waals surface area contributed by atoms with Crippen LogP contribution in [0, 0.1) is 5.92 Å². The summed E-state index contributed by atoms with van der Waals surface area (Å²) in [6, 6.07) is 19.0. The first kappa shape index (κ1) is 33.5. The topological polar surface area (TPSA) is 99.5 Å². The van der Waals surface area contributed by atoms with Crippen LogP contribution in [0.1, 0.15) is 36.6 Å². The summed E-state index contributed by atoms with van der Waals surface area (Å²) in [4.78, 5) is 38.9. The summed E-state index contributed by atoms with van der Waals surface area (Å²) in [5.74, 6) is -5.74. The summed E-state index contributed by atoms with van der Waals surface area (Å²) in [6.07, 6.45) is -10.5. The number of halogens is 6. The van der Waals surface area contributed by atoms with E-state index in [1.807, 2.05) is 18.7 Å². The number of carbonyl (C=O) groups is 1. The van der Waals surface area contributed by atoms with Crippen LogP contribution in [0.2, 0.25) is 0 Å². The highest BCUT2D eigenvalue weighted by molar-refractivity contribution is 7.22. The van der Waals surface area contributed by atoms with Gasteiger partial charge in [0.1, 0.15) is 11.6 Å². The molecular formula is C33H25F6N7O2S2. The summed E-state index contributed by atoms with van der Waals surface area (Å²) in [7, 11) is 0. The lowest BCUT2D eigenvalue weighted by atomic mass is 9.77. The van der Waals surface area contributed by atoms with Crippen molar-refractivity contribution in [3.05, 3.63) is 100.0 Å². The first-order valence-corrected chi connectivity index (χ1v) is 16.9. The van der Waals surface area contributed by atoms with E-state index in [2.05, 4.69) is 20.2 Å². The number of carbonyl (C=O) groups excluding carboxylic acids is 1. The Morgan fingerprint density at radius 2 is 1.36 bits per heavy atom. The van der Waals surface area contributed by atoms with Crippen LogP contribution in [0.25, 0.3) is 25.6 Å². The van der Waals surface area contributed by atoms with Gasteiger partial charge in [-0.15, -0.1) is 0 Å². The van der Waals surface area contributed by atoms with Crippen molar-refractivity contribution >= 4 is 65.5 Å². The summed E-state index contributed by atoms with van der Waals surface area (Å²) >= 11 is 1.81. The van der Waals surface area contributed by atoms with E-state index >= 15 is 0 Å². The number of hydrazone groups is 1. The second kappa shape index (κ2) is 12.4. The highest BCUT2D eigenvalue weighted by atomic mass is 32.1. The summed E-state index contributed by atoms with van der Waals surface area (Å²) in [5.41, 5.74) is -4.33. The van der Waals surface area contributed by atoms with Gasteiger partial charge in [0.25, 0.3) is 11.5 Å². The Bertz CT molecular complexity index is 2250. The summed E-state index contributed by atoms with van der Waals surface area (Å²) in [5, 5.41) is 5.84. The quantitative estimate of drug-likeness (QED) is 0.160. The highest BCUT2D eigenvalue weighted by Crippen LogP contribution is 2.46. The van der Waals surface area contributed by atoms with Gasteiger partial charge in [0, 0.05) is 24.7 Å². The van der Waals surface area contributed by atoms with Gasteiger partial charge in [-0.1, -0.05) is 59.1 Å². The van der Waals surface area contributed by atoms with E-state index in [-0.39, 0.29) is 15.8 Å². The Morgan fingerprint density at radius 1 is 0.800 bits per heavy atom. The zero-order valence-electron chi connectivity index (χ0n) is 26.1. The van der Waals surface area contributed by atoms with Gasteiger partial charge < -0.3 is 4.90 Å². The lowest BCUT2D eigenvalue weighted by Crippen LogP contribution is -2.39. The van der Waals surface area contributed by atoms with E-state index in [9.17, 15) is 35.9 Å². The Labute approximate surface area is 287 Å². The maximum atomic E-state index is 14.9. The summed E-state index contributed by atoms with van der Waals surface area (Å²) in [6.45, 7) is 4.93. The van der Waals surface area contributed by atoms with Gasteiger partial charge in [-0.05, 0) is 55.8 Å². The number of alkyl halides is 6. The molecule has 0 saturated heterocycles. The van der Waals surface area contributed by atoms with Gasteiger partial charge in [-0.2, -0.15) is 41.1 Å². The second-order valence-electron chi connectivity index (χ2n) is 11.3. The largest absolute Gasteiger partial charge is 0.433 e. The number of nitrogens with one attached hydrogen (secondary N) is 1. The number of hydrogen-bond donors (Lipinski definition) is 1. The lowest BCUT2D eigenvalue weighted by molar-refractivity contribution is -0.142. The monoisotopic (exact) mass is 729 g/mol.